The normalized spacial score (nSPS) is 8.13. The maximum absolute atomic E-state index is 2.33. The van der Waals surface area contributed by atoms with Crippen molar-refractivity contribution in [3.8, 4) is 0 Å². The van der Waals surface area contributed by atoms with Crippen molar-refractivity contribution in [3.63, 3.8) is 0 Å². The third-order valence-corrected chi connectivity index (χ3v) is 0. The van der Waals surface area contributed by atoms with E-state index in [1.165, 1.54) is 0 Å². The standard InChI is InChI=1S/7C3H9Ge.3Sb/c7*1-4(2)3;;;/h7*1-3H3;;;. The van der Waals surface area contributed by atoms with Gasteiger partial charge in [0.2, 0.25) is 0 Å². The Morgan fingerprint density at radius 1 is 0.161 bits per heavy atom. The second-order valence-electron chi connectivity index (χ2n) is 10.5. The summed E-state index contributed by atoms with van der Waals surface area (Å²) in [5, 5.41) is 0. The number of hydrogen-bond donors (Lipinski definition) is 0. The Kier molecular flexibility index (Phi) is 129. The molecule has 31 heavy (non-hydrogen) atoms. The molecule has 0 N–H and O–H groups in total. The zero-order valence-corrected chi connectivity index (χ0v) is 48.2. The van der Waals surface area contributed by atoms with Crippen LogP contribution in [0.5, 0.6) is 0 Å². The topological polar surface area (TPSA) is 0 Å². The van der Waals surface area contributed by atoms with Gasteiger partial charge in [-0.15, -0.1) is 0 Å². The molecule has 0 bridgehead atoms. The van der Waals surface area contributed by atoms with Gasteiger partial charge in [-0.05, 0) is 0 Å². The molecule has 0 fully saturated rings. The minimum atomic E-state index is -0.333. The van der Waals surface area contributed by atoms with E-state index in [-0.39, 0.29) is 174 Å². The van der Waals surface area contributed by atoms with E-state index in [1.54, 1.807) is 0 Å². The Bertz CT molecular complexity index is 129. The van der Waals surface area contributed by atoms with Gasteiger partial charge in [-0.2, -0.15) is 0 Å². The van der Waals surface area contributed by atoms with Crippen LogP contribution in [0.4, 0.5) is 0 Å². The Labute approximate surface area is 289 Å². The van der Waals surface area contributed by atoms with Gasteiger partial charge in [-0.25, -0.2) is 0 Å². The Hall–Kier alpha value is 6.25. The minimum Gasteiger partial charge on any atom is 0 e. The molecular formula is C21H63Ge7Sb3. The molecule has 0 nitrogen and oxygen atoms in total. The van der Waals surface area contributed by atoms with Gasteiger partial charge in [0.1, 0.15) is 0 Å². The van der Waals surface area contributed by atoms with Crippen LogP contribution in [0, 0.1) is 0 Å². The first-order chi connectivity index (χ1) is 12.1. The molecule has 0 aromatic rings. The van der Waals surface area contributed by atoms with E-state index in [1.807, 2.05) is 0 Å². The summed E-state index contributed by atoms with van der Waals surface area (Å²) in [5.74, 6) is 49.0. The summed E-state index contributed by atoms with van der Waals surface area (Å²) in [6, 6.07) is 0. The largest absolute Gasteiger partial charge is 0 e. The van der Waals surface area contributed by atoms with Gasteiger partial charge >= 0.3 is 221 Å². The van der Waals surface area contributed by atoms with Crippen LogP contribution in [-0.2, 0) is 0 Å². The molecule has 0 atom stereocenters. The second kappa shape index (κ2) is 60.7. The molecule has 0 aromatic heterocycles. The van der Waals surface area contributed by atoms with Gasteiger partial charge in [0.05, 0.1) is 0 Å². The fourth-order valence-corrected chi connectivity index (χ4v) is 0. The van der Waals surface area contributed by atoms with Crippen molar-refractivity contribution in [1.29, 1.82) is 0 Å². The summed E-state index contributed by atoms with van der Waals surface area (Å²) in [7, 11) is 0. The van der Waals surface area contributed by atoms with Gasteiger partial charge in [-0.3, -0.25) is 0 Å². The monoisotopic (exact) mass is 1200 g/mol. The molecule has 0 heterocycles. The fourth-order valence-electron chi connectivity index (χ4n) is 0. The van der Waals surface area contributed by atoms with E-state index < -0.39 is 0 Å². The molecule has 0 rings (SSSR count). The Morgan fingerprint density at radius 3 is 0.161 bits per heavy atom. The molecule has 0 aliphatic carbocycles. The minimum absolute atomic E-state index is 0. The zero-order valence-electron chi connectivity index (χ0n) is 25.8. The summed E-state index contributed by atoms with van der Waals surface area (Å²) >= 11 is -2.33. The van der Waals surface area contributed by atoms with Gasteiger partial charge < -0.3 is 0 Å². The quantitative estimate of drug-likeness (QED) is 0.214. The fraction of sp³-hybridized carbons (Fsp3) is 1.00. The first kappa shape index (κ1) is 65.9. The molecule has 0 unspecified atom stereocenters. The maximum Gasteiger partial charge on any atom is 0 e. The van der Waals surface area contributed by atoms with Crippen LogP contribution in [-0.4, -0.2) is 174 Å². The van der Waals surface area contributed by atoms with E-state index in [2.05, 4.69) is 121 Å². The number of hydrogen-bond acceptors (Lipinski definition) is 0. The number of rotatable bonds is 0. The molecule has 0 amide bonds. The third kappa shape index (κ3) is 1090. The zero-order chi connectivity index (χ0) is 25.0. The predicted molar refractivity (Wildman–Crippen MR) is 181 cm³/mol. The average Bonchev–Trinajstić information content (AvgIpc) is 2.20. The smallest absolute Gasteiger partial charge is 0 e. The molecule has 0 aromatic carbocycles. The van der Waals surface area contributed by atoms with Crippen LogP contribution in [0.2, 0.25) is 121 Å². The van der Waals surface area contributed by atoms with Crippen LogP contribution in [0.1, 0.15) is 0 Å². The summed E-state index contributed by atoms with van der Waals surface area (Å²) in [5.41, 5.74) is 0. The van der Waals surface area contributed by atoms with E-state index >= 15 is 0 Å². The third-order valence-electron chi connectivity index (χ3n) is 0. The molecule has 0 spiro atoms. The van der Waals surface area contributed by atoms with Crippen LogP contribution in [0.15, 0.2) is 0 Å². The van der Waals surface area contributed by atoms with E-state index in [0.29, 0.717) is 0 Å². The summed E-state index contributed by atoms with van der Waals surface area (Å²) < 4.78 is 0. The second-order valence-corrected chi connectivity index (χ2v) is 54.6. The van der Waals surface area contributed by atoms with Crippen LogP contribution >= 0.6 is 0 Å². The Balaban J connectivity index is -0.0000000204. The summed E-state index contributed by atoms with van der Waals surface area (Å²) in [6.45, 7) is 0. The van der Waals surface area contributed by atoms with Crippen LogP contribution < -0.4 is 0 Å². The molecule has 0 saturated heterocycles. The average molecular weight is 1190 g/mol. The molecule has 10 heteroatoms. The van der Waals surface area contributed by atoms with Crippen molar-refractivity contribution >= 4 is 174 Å². The van der Waals surface area contributed by atoms with Crippen molar-refractivity contribution < 1.29 is 0 Å². The van der Waals surface area contributed by atoms with E-state index in [4.69, 9.17) is 0 Å². The van der Waals surface area contributed by atoms with Gasteiger partial charge in [-0.1, -0.05) is 0 Å². The van der Waals surface area contributed by atoms with Crippen molar-refractivity contribution in [1.82, 2.24) is 0 Å². The molecule has 0 aliphatic rings. The molecule has 16 radical (unpaired) electrons. The van der Waals surface area contributed by atoms with Crippen molar-refractivity contribution in [2.24, 2.45) is 0 Å². The SMILES string of the molecule is [CH3][Ge]([CH3])[CH3].[CH3][Ge]([CH3])[CH3].[CH3][Ge]([CH3])[CH3].[CH3][Ge]([CH3])[CH3].[CH3][Ge]([CH3])[CH3].[CH3][Ge]([CH3])[CH3].[CH3][Ge]([CH3])[CH3].[Sb].[Sb].[Sb]. The molecular weight excluding hydrogens is 1130 g/mol. The van der Waals surface area contributed by atoms with Crippen LogP contribution in [0.25, 0.3) is 0 Å². The molecule has 190 valence electrons. The first-order valence-electron chi connectivity index (χ1n) is 10.5. The first-order valence-corrected chi connectivity index (χ1v) is 54.6. The van der Waals surface area contributed by atoms with E-state index in [9.17, 15) is 0 Å². The van der Waals surface area contributed by atoms with Crippen LogP contribution in [0.3, 0.4) is 0 Å². The van der Waals surface area contributed by atoms with Crippen molar-refractivity contribution in [2.75, 3.05) is 0 Å². The predicted octanol–water partition coefficient (Wildman–Crippen LogP) is 8.45. The van der Waals surface area contributed by atoms with E-state index in [0.717, 1.165) is 0 Å². The van der Waals surface area contributed by atoms with Gasteiger partial charge in [0.25, 0.3) is 0 Å². The van der Waals surface area contributed by atoms with Crippen molar-refractivity contribution in [2.45, 2.75) is 121 Å². The summed E-state index contributed by atoms with van der Waals surface area (Å²) in [6.07, 6.45) is 0. The Morgan fingerprint density at radius 2 is 0.161 bits per heavy atom. The van der Waals surface area contributed by atoms with Gasteiger partial charge in [0.15, 0.2) is 0 Å². The molecule has 0 aliphatic heterocycles. The van der Waals surface area contributed by atoms with Gasteiger partial charge in [0, 0.05) is 73.3 Å². The maximum atomic E-state index is 2.33. The van der Waals surface area contributed by atoms with Crippen molar-refractivity contribution in [3.05, 3.63) is 0 Å². The summed E-state index contributed by atoms with van der Waals surface area (Å²) in [4.78, 5) is 0. The molecule has 0 saturated carbocycles.